The molecule has 1 N–H and O–H groups in total. The minimum absolute atomic E-state index is 0.179. The van der Waals surface area contributed by atoms with Crippen LogP contribution in [-0.4, -0.2) is 44.0 Å². The zero-order chi connectivity index (χ0) is 18.7. The molecule has 4 nitrogen and oxygen atoms in total. The van der Waals surface area contributed by atoms with Crippen molar-refractivity contribution in [1.29, 1.82) is 0 Å². The first-order valence-corrected chi connectivity index (χ1v) is 8.36. The largest absolute Gasteiger partial charge is 0.416 e. The molecule has 1 saturated heterocycles. The molecule has 3 rings (SSSR count). The van der Waals surface area contributed by atoms with E-state index in [1.54, 1.807) is 30.3 Å². The number of carbonyl (C=O) groups is 1. The summed E-state index contributed by atoms with van der Waals surface area (Å²) >= 11 is 0. The molecule has 2 aromatic carbocycles. The van der Waals surface area contributed by atoms with Crippen LogP contribution < -0.4 is 10.2 Å². The number of hydrogen-bond donors (Lipinski definition) is 1. The van der Waals surface area contributed by atoms with Crippen LogP contribution in [0.3, 0.4) is 0 Å². The van der Waals surface area contributed by atoms with Crippen LogP contribution >= 0.6 is 0 Å². The molecule has 0 bridgehead atoms. The van der Waals surface area contributed by atoms with Crippen LogP contribution in [-0.2, 0) is 6.18 Å². The Labute approximate surface area is 150 Å². The van der Waals surface area contributed by atoms with Crippen LogP contribution in [0.2, 0.25) is 0 Å². The molecule has 1 fully saturated rings. The van der Waals surface area contributed by atoms with Crippen molar-refractivity contribution in [1.82, 2.24) is 4.90 Å². The first kappa shape index (κ1) is 18.3. The van der Waals surface area contributed by atoms with Gasteiger partial charge in [-0.15, -0.1) is 0 Å². The van der Waals surface area contributed by atoms with E-state index in [1.807, 2.05) is 11.9 Å². The molecule has 0 radical (unpaired) electrons. The summed E-state index contributed by atoms with van der Waals surface area (Å²) < 4.78 is 39.4. The van der Waals surface area contributed by atoms with E-state index in [1.165, 1.54) is 6.07 Å². The maximum atomic E-state index is 13.1. The monoisotopic (exact) mass is 363 g/mol. The number of hydrogen-bond acceptors (Lipinski definition) is 3. The summed E-state index contributed by atoms with van der Waals surface area (Å²) in [5.41, 5.74) is 0.404. The number of alkyl halides is 3. The molecule has 0 spiro atoms. The van der Waals surface area contributed by atoms with E-state index in [-0.39, 0.29) is 5.69 Å². The molecule has 7 heteroatoms. The molecule has 1 amide bonds. The third kappa shape index (κ3) is 4.16. The zero-order valence-corrected chi connectivity index (χ0v) is 14.4. The first-order chi connectivity index (χ1) is 12.3. The lowest BCUT2D eigenvalue weighted by atomic mass is 10.1. The normalized spacial score (nSPS) is 15.8. The second-order valence-electron chi connectivity index (χ2n) is 6.34. The molecule has 0 atom stereocenters. The van der Waals surface area contributed by atoms with E-state index in [9.17, 15) is 18.0 Å². The van der Waals surface area contributed by atoms with Crippen LogP contribution in [0.5, 0.6) is 0 Å². The van der Waals surface area contributed by atoms with Gasteiger partial charge in [-0.2, -0.15) is 13.2 Å². The molecular weight excluding hydrogens is 343 g/mol. The Morgan fingerprint density at radius 2 is 1.65 bits per heavy atom. The number of benzene rings is 2. The zero-order valence-electron chi connectivity index (χ0n) is 14.4. The molecule has 2 aromatic rings. The average Bonchev–Trinajstić information content (AvgIpc) is 2.62. The number of anilines is 2. The Balaban J connectivity index is 1.92. The fourth-order valence-corrected chi connectivity index (χ4v) is 2.92. The fourth-order valence-electron chi connectivity index (χ4n) is 2.92. The van der Waals surface area contributed by atoms with Crippen molar-refractivity contribution in [2.45, 2.75) is 6.18 Å². The molecule has 0 unspecified atom stereocenters. The number of rotatable bonds is 3. The van der Waals surface area contributed by atoms with Crippen molar-refractivity contribution >= 4 is 17.3 Å². The van der Waals surface area contributed by atoms with Gasteiger partial charge in [0.25, 0.3) is 5.91 Å². The third-order valence-electron chi connectivity index (χ3n) is 4.45. The summed E-state index contributed by atoms with van der Waals surface area (Å²) in [5.74, 6) is -0.430. The maximum Gasteiger partial charge on any atom is 0.416 e. The van der Waals surface area contributed by atoms with Crippen molar-refractivity contribution < 1.29 is 18.0 Å². The Bertz CT molecular complexity index is 769. The van der Waals surface area contributed by atoms with Gasteiger partial charge in [-0.05, 0) is 37.4 Å². The fraction of sp³-hybridized carbons (Fsp3) is 0.316. The molecule has 1 aliphatic rings. The molecule has 0 aliphatic carbocycles. The van der Waals surface area contributed by atoms with Crippen molar-refractivity contribution in [2.75, 3.05) is 43.4 Å². The summed E-state index contributed by atoms with van der Waals surface area (Å²) in [7, 11) is 2.00. The Kier molecular flexibility index (Phi) is 5.18. The summed E-state index contributed by atoms with van der Waals surface area (Å²) in [4.78, 5) is 16.6. The first-order valence-electron chi connectivity index (χ1n) is 8.36. The highest BCUT2D eigenvalue weighted by atomic mass is 19.4. The van der Waals surface area contributed by atoms with E-state index >= 15 is 0 Å². The van der Waals surface area contributed by atoms with Crippen molar-refractivity contribution in [3.05, 3.63) is 59.7 Å². The minimum Gasteiger partial charge on any atom is -0.367 e. The van der Waals surface area contributed by atoms with Gasteiger partial charge in [-0.3, -0.25) is 4.79 Å². The second-order valence-corrected chi connectivity index (χ2v) is 6.34. The predicted molar refractivity (Wildman–Crippen MR) is 95.5 cm³/mol. The van der Waals surface area contributed by atoms with E-state index < -0.39 is 17.6 Å². The molecule has 0 saturated carbocycles. The SMILES string of the molecule is CN1CCN(c2ccc(C(F)(F)F)cc2NC(=O)c2ccccc2)CC1. The topological polar surface area (TPSA) is 35.6 Å². The predicted octanol–water partition coefficient (Wildman–Crippen LogP) is 3.71. The van der Waals surface area contributed by atoms with Crippen molar-refractivity contribution in [2.24, 2.45) is 0 Å². The number of piperazine rings is 1. The quantitative estimate of drug-likeness (QED) is 0.903. The highest BCUT2D eigenvalue weighted by molar-refractivity contribution is 6.06. The molecule has 1 heterocycles. The lowest BCUT2D eigenvalue weighted by Gasteiger charge is -2.35. The van der Waals surface area contributed by atoms with Gasteiger partial charge in [-0.1, -0.05) is 18.2 Å². The Hall–Kier alpha value is -2.54. The number of likely N-dealkylation sites (N-methyl/N-ethyl adjacent to an activating group) is 1. The summed E-state index contributed by atoms with van der Waals surface area (Å²) in [6, 6.07) is 12.0. The summed E-state index contributed by atoms with van der Waals surface area (Å²) in [6.07, 6.45) is -4.47. The van der Waals surface area contributed by atoms with Gasteiger partial charge in [0.15, 0.2) is 0 Å². The molecular formula is C19H20F3N3O. The van der Waals surface area contributed by atoms with Gasteiger partial charge in [0.1, 0.15) is 0 Å². The maximum absolute atomic E-state index is 13.1. The van der Waals surface area contributed by atoms with Gasteiger partial charge in [-0.25, -0.2) is 0 Å². The highest BCUT2D eigenvalue weighted by Crippen LogP contribution is 2.36. The number of halogens is 3. The van der Waals surface area contributed by atoms with Crippen molar-refractivity contribution in [3.63, 3.8) is 0 Å². The van der Waals surface area contributed by atoms with Crippen molar-refractivity contribution in [3.8, 4) is 0 Å². The third-order valence-corrected chi connectivity index (χ3v) is 4.45. The smallest absolute Gasteiger partial charge is 0.367 e. The standard InChI is InChI=1S/C19H20F3N3O/c1-24-9-11-25(12-10-24)17-8-7-15(19(20,21)22)13-16(17)23-18(26)14-5-3-2-4-6-14/h2-8,13H,9-12H2,1H3,(H,23,26). The lowest BCUT2D eigenvalue weighted by Crippen LogP contribution is -2.44. The molecule has 138 valence electrons. The molecule has 26 heavy (non-hydrogen) atoms. The average molecular weight is 363 g/mol. The van der Waals surface area contributed by atoms with Crippen LogP contribution in [0.1, 0.15) is 15.9 Å². The van der Waals surface area contributed by atoms with Crippen LogP contribution in [0.4, 0.5) is 24.5 Å². The number of nitrogens with zero attached hydrogens (tertiary/aromatic N) is 2. The Morgan fingerprint density at radius 3 is 2.27 bits per heavy atom. The minimum atomic E-state index is -4.47. The van der Waals surface area contributed by atoms with E-state index in [4.69, 9.17) is 0 Å². The van der Waals surface area contributed by atoms with Crippen LogP contribution in [0.25, 0.3) is 0 Å². The van der Waals surface area contributed by atoms with Gasteiger partial charge >= 0.3 is 6.18 Å². The number of nitrogens with one attached hydrogen (secondary N) is 1. The van der Waals surface area contributed by atoms with Gasteiger partial charge < -0.3 is 15.1 Å². The van der Waals surface area contributed by atoms with Gasteiger partial charge in [0.05, 0.1) is 16.9 Å². The Morgan fingerprint density at radius 1 is 1.00 bits per heavy atom. The van der Waals surface area contributed by atoms with E-state index in [0.29, 0.717) is 24.3 Å². The number of amides is 1. The summed E-state index contributed by atoms with van der Waals surface area (Å²) in [5, 5.41) is 2.65. The van der Waals surface area contributed by atoms with E-state index in [0.717, 1.165) is 25.2 Å². The van der Waals surface area contributed by atoms with Crippen LogP contribution in [0.15, 0.2) is 48.5 Å². The summed E-state index contributed by atoms with van der Waals surface area (Å²) in [6.45, 7) is 3.01. The second kappa shape index (κ2) is 7.37. The van der Waals surface area contributed by atoms with E-state index in [2.05, 4.69) is 10.2 Å². The van der Waals surface area contributed by atoms with Crippen LogP contribution in [0, 0.1) is 0 Å². The number of carbonyl (C=O) groups excluding carboxylic acids is 1. The molecule has 0 aromatic heterocycles. The van der Waals surface area contributed by atoms with Gasteiger partial charge in [0.2, 0.25) is 0 Å². The lowest BCUT2D eigenvalue weighted by molar-refractivity contribution is -0.137. The van der Waals surface area contributed by atoms with Gasteiger partial charge in [0, 0.05) is 31.7 Å². The molecule has 1 aliphatic heterocycles. The highest BCUT2D eigenvalue weighted by Gasteiger charge is 2.32.